The summed E-state index contributed by atoms with van der Waals surface area (Å²) in [6, 6.07) is 0. The largest absolute Gasteiger partial charge is 0.385 e. The molecular weight excluding hydrogens is 215 g/mol. The second-order valence-electron chi connectivity index (χ2n) is 2.20. The highest BCUT2D eigenvalue weighted by Gasteiger charge is 2.14. The van der Waals surface area contributed by atoms with Gasteiger partial charge in [-0.25, -0.2) is 0 Å². The summed E-state index contributed by atoms with van der Waals surface area (Å²) in [6.45, 7) is 5.46. The lowest BCUT2D eigenvalue weighted by molar-refractivity contribution is 0.131. The highest BCUT2D eigenvalue weighted by molar-refractivity contribution is 14.1. The van der Waals surface area contributed by atoms with Crippen molar-refractivity contribution in [3.63, 3.8) is 0 Å². The predicted octanol–water partition coefficient (Wildman–Crippen LogP) is 2.10. The van der Waals surface area contributed by atoms with Gasteiger partial charge in [0, 0.05) is 3.58 Å². The Morgan fingerprint density at radius 2 is 2.00 bits per heavy atom. The Bertz CT molecular complexity index is 99.6. The van der Waals surface area contributed by atoms with Crippen LogP contribution >= 0.6 is 22.6 Å². The van der Waals surface area contributed by atoms with E-state index < -0.39 is 5.60 Å². The summed E-state index contributed by atoms with van der Waals surface area (Å²) in [5.41, 5.74) is -0.644. The van der Waals surface area contributed by atoms with Gasteiger partial charge < -0.3 is 5.11 Å². The van der Waals surface area contributed by atoms with Crippen LogP contribution in [0.5, 0.6) is 0 Å². The van der Waals surface area contributed by atoms with Crippen LogP contribution in [0.15, 0.2) is 9.66 Å². The van der Waals surface area contributed by atoms with E-state index in [1.807, 2.05) is 13.0 Å². The molecule has 0 radical (unpaired) electrons. The molecule has 1 N–H and O–H groups in total. The van der Waals surface area contributed by atoms with Crippen LogP contribution in [0.25, 0.3) is 0 Å². The third kappa shape index (κ3) is 2.67. The number of hydrogen-bond acceptors (Lipinski definition) is 1. The van der Waals surface area contributed by atoms with E-state index in [0.717, 1.165) is 3.58 Å². The molecule has 0 rings (SSSR count). The summed E-state index contributed by atoms with van der Waals surface area (Å²) in [4.78, 5) is 0. The van der Waals surface area contributed by atoms with Crippen LogP contribution in [0.3, 0.4) is 0 Å². The highest BCUT2D eigenvalue weighted by atomic mass is 127. The monoisotopic (exact) mass is 226 g/mol. The molecule has 48 valence electrons. The van der Waals surface area contributed by atoms with Gasteiger partial charge in [-0.1, -0.05) is 6.08 Å². The van der Waals surface area contributed by atoms with E-state index in [0.29, 0.717) is 0 Å². The molecule has 0 atom stereocenters. The molecule has 0 aliphatic carbocycles. The summed E-state index contributed by atoms with van der Waals surface area (Å²) in [5.74, 6) is 0. The molecule has 0 heterocycles. The number of aliphatic hydroxyl groups is 1. The fourth-order valence-electron chi connectivity index (χ4n) is 0.353. The lowest BCUT2D eigenvalue weighted by Crippen LogP contribution is -2.17. The van der Waals surface area contributed by atoms with Crippen LogP contribution < -0.4 is 0 Å². The molecule has 0 amide bonds. The quantitative estimate of drug-likeness (QED) is 0.679. The molecule has 0 saturated heterocycles. The Balaban J connectivity index is 4.03. The molecule has 0 aliphatic rings. The topological polar surface area (TPSA) is 20.2 Å². The molecule has 2 heteroatoms. The molecule has 0 aliphatic heterocycles. The molecule has 0 spiro atoms. The van der Waals surface area contributed by atoms with E-state index in [9.17, 15) is 5.11 Å². The van der Waals surface area contributed by atoms with E-state index in [-0.39, 0.29) is 0 Å². The van der Waals surface area contributed by atoms with Gasteiger partial charge >= 0.3 is 0 Å². The molecule has 0 fully saturated rings. The van der Waals surface area contributed by atoms with Crippen molar-refractivity contribution in [3.8, 4) is 0 Å². The Morgan fingerprint density at radius 1 is 1.62 bits per heavy atom. The normalized spacial score (nSPS) is 14.4. The molecular formula is C6H11IO. The van der Waals surface area contributed by atoms with Gasteiger partial charge in [0.1, 0.15) is 0 Å². The highest BCUT2D eigenvalue weighted by Crippen LogP contribution is 2.21. The molecule has 0 unspecified atom stereocenters. The average Bonchev–Trinajstić information content (AvgIpc) is 1.62. The van der Waals surface area contributed by atoms with E-state index in [2.05, 4.69) is 22.6 Å². The van der Waals surface area contributed by atoms with Gasteiger partial charge in [-0.15, -0.1) is 0 Å². The molecule has 1 nitrogen and oxygen atoms in total. The first-order valence-electron chi connectivity index (χ1n) is 2.53. The Labute approximate surface area is 63.9 Å². The van der Waals surface area contributed by atoms with E-state index in [4.69, 9.17) is 0 Å². The smallest absolute Gasteiger partial charge is 0.0893 e. The number of halogens is 1. The lowest BCUT2D eigenvalue weighted by atomic mass is 10.1. The molecule has 0 bridgehead atoms. The van der Waals surface area contributed by atoms with Crippen LogP contribution in [-0.4, -0.2) is 10.7 Å². The minimum atomic E-state index is -0.644. The number of allylic oxidation sites excluding steroid dienone is 1. The van der Waals surface area contributed by atoms with Crippen molar-refractivity contribution in [1.29, 1.82) is 0 Å². The van der Waals surface area contributed by atoms with E-state index in [1.54, 1.807) is 13.8 Å². The second kappa shape index (κ2) is 2.82. The minimum absolute atomic E-state index is 0.644. The number of hydrogen-bond donors (Lipinski definition) is 1. The first kappa shape index (κ1) is 8.43. The predicted molar refractivity (Wildman–Crippen MR) is 44.1 cm³/mol. The zero-order valence-electron chi connectivity index (χ0n) is 5.40. The van der Waals surface area contributed by atoms with Gasteiger partial charge in [0.25, 0.3) is 0 Å². The first-order valence-corrected chi connectivity index (χ1v) is 3.61. The van der Waals surface area contributed by atoms with E-state index in [1.165, 1.54) is 0 Å². The van der Waals surface area contributed by atoms with Crippen molar-refractivity contribution in [2.24, 2.45) is 0 Å². The van der Waals surface area contributed by atoms with Crippen LogP contribution in [-0.2, 0) is 0 Å². The van der Waals surface area contributed by atoms with Gasteiger partial charge in [-0.3, -0.25) is 0 Å². The third-order valence-corrected chi connectivity index (χ3v) is 2.78. The van der Waals surface area contributed by atoms with Crippen molar-refractivity contribution >= 4 is 22.6 Å². The van der Waals surface area contributed by atoms with Gasteiger partial charge in [0.2, 0.25) is 0 Å². The van der Waals surface area contributed by atoms with Crippen LogP contribution in [0.1, 0.15) is 20.8 Å². The van der Waals surface area contributed by atoms with Crippen molar-refractivity contribution in [1.82, 2.24) is 0 Å². The summed E-state index contributed by atoms with van der Waals surface area (Å²) in [5, 5.41) is 9.21. The Morgan fingerprint density at radius 3 is 2.00 bits per heavy atom. The molecule has 8 heavy (non-hydrogen) atoms. The fourth-order valence-corrected chi connectivity index (χ4v) is 0.353. The maximum Gasteiger partial charge on any atom is 0.0893 e. The van der Waals surface area contributed by atoms with Gasteiger partial charge in [0.05, 0.1) is 5.60 Å². The third-order valence-electron chi connectivity index (χ3n) is 0.838. The second-order valence-corrected chi connectivity index (χ2v) is 3.36. The van der Waals surface area contributed by atoms with E-state index >= 15 is 0 Å². The Kier molecular flexibility index (Phi) is 2.98. The number of rotatable bonds is 1. The van der Waals surface area contributed by atoms with Crippen molar-refractivity contribution in [3.05, 3.63) is 9.66 Å². The lowest BCUT2D eigenvalue weighted by Gasteiger charge is -2.15. The summed E-state index contributed by atoms with van der Waals surface area (Å²) in [7, 11) is 0. The van der Waals surface area contributed by atoms with Gasteiger partial charge in [-0.2, -0.15) is 0 Å². The fraction of sp³-hybridized carbons (Fsp3) is 0.667. The zero-order valence-corrected chi connectivity index (χ0v) is 7.56. The molecule has 0 aromatic rings. The SMILES string of the molecule is C/C=C(\I)C(C)(C)O. The average molecular weight is 226 g/mol. The van der Waals surface area contributed by atoms with Crippen LogP contribution in [0.4, 0.5) is 0 Å². The minimum Gasteiger partial charge on any atom is -0.385 e. The van der Waals surface area contributed by atoms with Crippen molar-refractivity contribution in [2.45, 2.75) is 26.4 Å². The maximum atomic E-state index is 9.21. The standard InChI is InChI=1S/C6H11IO/c1-4-5(7)6(2,3)8/h4,8H,1-3H3/b5-4-. The van der Waals surface area contributed by atoms with Gasteiger partial charge in [-0.05, 0) is 43.4 Å². The Hall–Kier alpha value is 0.430. The van der Waals surface area contributed by atoms with Crippen LogP contribution in [0.2, 0.25) is 0 Å². The van der Waals surface area contributed by atoms with Gasteiger partial charge in [0.15, 0.2) is 0 Å². The first-order chi connectivity index (χ1) is 3.48. The molecule has 0 saturated carbocycles. The zero-order chi connectivity index (χ0) is 6.78. The summed E-state index contributed by atoms with van der Waals surface area (Å²) >= 11 is 2.12. The van der Waals surface area contributed by atoms with Crippen molar-refractivity contribution in [2.75, 3.05) is 0 Å². The van der Waals surface area contributed by atoms with Crippen LogP contribution in [0, 0.1) is 0 Å². The van der Waals surface area contributed by atoms with Crippen molar-refractivity contribution < 1.29 is 5.11 Å². The summed E-state index contributed by atoms with van der Waals surface area (Å²) in [6.07, 6.45) is 1.90. The maximum absolute atomic E-state index is 9.21. The molecule has 0 aromatic heterocycles. The molecule has 0 aromatic carbocycles. The summed E-state index contributed by atoms with van der Waals surface area (Å²) < 4.78 is 0.982.